The zero-order valence-electron chi connectivity index (χ0n) is 17.4. The molecule has 2 heterocycles. The molecule has 7 nitrogen and oxygen atoms in total. The molecule has 4 aromatic rings. The summed E-state index contributed by atoms with van der Waals surface area (Å²) in [5.74, 6) is -0.296. The van der Waals surface area contributed by atoms with E-state index in [4.69, 9.17) is 0 Å². The van der Waals surface area contributed by atoms with Crippen LogP contribution in [0, 0.1) is 13.8 Å². The van der Waals surface area contributed by atoms with E-state index in [1.54, 1.807) is 6.21 Å². The first-order valence-electron chi connectivity index (χ1n) is 10.2. The minimum atomic E-state index is -0.296. The molecule has 0 spiro atoms. The second kappa shape index (κ2) is 7.68. The first-order chi connectivity index (χ1) is 15.1. The highest BCUT2D eigenvalue weighted by molar-refractivity contribution is 5.96. The molecule has 1 amide bonds. The number of aromatic amines is 1. The van der Waals surface area contributed by atoms with E-state index in [1.165, 1.54) is 5.56 Å². The summed E-state index contributed by atoms with van der Waals surface area (Å²) in [6, 6.07) is 18.1. The van der Waals surface area contributed by atoms with Crippen LogP contribution in [0.5, 0.6) is 0 Å². The van der Waals surface area contributed by atoms with Gasteiger partial charge in [-0.3, -0.25) is 9.89 Å². The van der Waals surface area contributed by atoms with Crippen LogP contribution in [-0.4, -0.2) is 32.1 Å². The van der Waals surface area contributed by atoms with Crippen LogP contribution in [0.2, 0.25) is 0 Å². The Kier molecular flexibility index (Phi) is 4.71. The molecule has 1 aliphatic rings. The molecule has 2 N–H and O–H groups in total. The number of fused-ring (bicyclic) bond motifs is 3. The smallest absolute Gasteiger partial charge is 0.272 e. The fourth-order valence-corrected chi connectivity index (χ4v) is 4.12. The number of benzene rings is 2. The average molecular weight is 410 g/mol. The topological polar surface area (TPSA) is 88.0 Å². The normalized spacial score (nSPS) is 12.6. The van der Waals surface area contributed by atoms with E-state index in [9.17, 15) is 4.79 Å². The van der Waals surface area contributed by atoms with Gasteiger partial charge in [0.15, 0.2) is 0 Å². The second-order valence-corrected chi connectivity index (χ2v) is 7.61. The lowest BCUT2D eigenvalue weighted by atomic mass is 9.89. The Bertz CT molecular complexity index is 1300. The van der Waals surface area contributed by atoms with Gasteiger partial charge in [0, 0.05) is 16.7 Å². The van der Waals surface area contributed by atoms with Crippen LogP contribution >= 0.6 is 0 Å². The van der Waals surface area contributed by atoms with Gasteiger partial charge in [-0.05, 0) is 44.4 Å². The van der Waals surface area contributed by atoms with Gasteiger partial charge in [-0.2, -0.15) is 15.3 Å². The van der Waals surface area contributed by atoms with Gasteiger partial charge in [0.25, 0.3) is 5.91 Å². The van der Waals surface area contributed by atoms with E-state index in [0.29, 0.717) is 5.69 Å². The summed E-state index contributed by atoms with van der Waals surface area (Å²) in [7, 11) is 0. The lowest BCUT2D eigenvalue weighted by Crippen LogP contribution is -2.20. The second-order valence-electron chi connectivity index (χ2n) is 7.61. The van der Waals surface area contributed by atoms with Crippen molar-refractivity contribution in [1.29, 1.82) is 0 Å². The van der Waals surface area contributed by atoms with Crippen molar-refractivity contribution in [2.75, 3.05) is 0 Å². The Morgan fingerprint density at radius 2 is 1.87 bits per heavy atom. The van der Waals surface area contributed by atoms with Crippen LogP contribution in [0.4, 0.5) is 0 Å². The molecular formula is C24H22N6O. The van der Waals surface area contributed by atoms with Crippen molar-refractivity contribution >= 4 is 12.1 Å². The fourth-order valence-electron chi connectivity index (χ4n) is 4.12. The maximum absolute atomic E-state index is 12.8. The predicted molar refractivity (Wildman–Crippen MR) is 120 cm³/mol. The van der Waals surface area contributed by atoms with Crippen LogP contribution in [0.1, 0.15) is 38.6 Å². The van der Waals surface area contributed by atoms with Crippen molar-refractivity contribution in [2.45, 2.75) is 26.7 Å². The molecular weight excluding hydrogens is 388 g/mol. The Labute approximate surface area is 179 Å². The van der Waals surface area contributed by atoms with Crippen molar-refractivity contribution in [3.05, 3.63) is 88.4 Å². The number of hydrogen-bond acceptors (Lipinski definition) is 4. The number of nitrogens with one attached hydrogen (secondary N) is 2. The maximum Gasteiger partial charge on any atom is 0.289 e. The van der Waals surface area contributed by atoms with Crippen LogP contribution < -0.4 is 5.43 Å². The number of hydrogen-bond donors (Lipinski definition) is 2. The molecule has 1 aliphatic carbocycles. The molecule has 0 fully saturated rings. The van der Waals surface area contributed by atoms with Crippen LogP contribution in [0.25, 0.3) is 16.9 Å². The van der Waals surface area contributed by atoms with E-state index in [1.807, 2.05) is 67.1 Å². The van der Waals surface area contributed by atoms with Crippen LogP contribution in [0.3, 0.4) is 0 Å². The number of nitrogens with zero attached hydrogens (tertiary/aromatic N) is 4. The van der Waals surface area contributed by atoms with Gasteiger partial charge < -0.3 is 0 Å². The van der Waals surface area contributed by atoms with Gasteiger partial charge in [0.1, 0.15) is 5.69 Å². The minimum absolute atomic E-state index is 0.296. The number of aryl methyl sites for hydroxylation is 2. The van der Waals surface area contributed by atoms with Gasteiger partial charge >= 0.3 is 0 Å². The van der Waals surface area contributed by atoms with Crippen molar-refractivity contribution in [3.63, 3.8) is 0 Å². The highest BCUT2D eigenvalue weighted by atomic mass is 16.2. The SMILES string of the molecule is Cc1nn(-c2ccccc2)c(C)c1C=NNC(=O)c1[nH]nc2c1CCc1ccccc1-2. The molecule has 5 rings (SSSR count). The molecule has 154 valence electrons. The number of rotatable bonds is 4. The van der Waals surface area contributed by atoms with Gasteiger partial charge in [0.2, 0.25) is 0 Å². The van der Waals surface area contributed by atoms with Crippen molar-refractivity contribution < 1.29 is 4.79 Å². The molecule has 31 heavy (non-hydrogen) atoms. The van der Waals surface area contributed by atoms with Gasteiger partial charge in [-0.1, -0.05) is 42.5 Å². The average Bonchev–Trinajstić information content (AvgIpc) is 3.36. The molecule has 0 saturated carbocycles. The third-order valence-corrected chi connectivity index (χ3v) is 5.72. The number of carbonyl (C=O) groups is 1. The molecule has 0 bridgehead atoms. The maximum atomic E-state index is 12.8. The Morgan fingerprint density at radius 1 is 1.10 bits per heavy atom. The summed E-state index contributed by atoms with van der Waals surface area (Å²) in [4.78, 5) is 12.8. The molecule has 2 aromatic carbocycles. The first-order valence-corrected chi connectivity index (χ1v) is 10.2. The zero-order chi connectivity index (χ0) is 21.4. The van der Waals surface area contributed by atoms with Crippen molar-refractivity contribution in [1.82, 2.24) is 25.4 Å². The summed E-state index contributed by atoms with van der Waals surface area (Å²) >= 11 is 0. The van der Waals surface area contributed by atoms with E-state index in [0.717, 1.165) is 52.3 Å². The Morgan fingerprint density at radius 3 is 2.71 bits per heavy atom. The van der Waals surface area contributed by atoms with Gasteiger partial charge in [0.05, 0.1) is 29.0 Å². The van der Waals surface area contributed by atoms with Crippen LogP contribution in [-0.2, 0) is 12.8 Å². The number of para-hydroxylation sites is 1. The lowest BCUT2D eigenvalue weighted by molar-refractivity contribution is 0.0949. The summed E-state index contributed by atoms with van der Waals surface area (Å²) in [5, 5.41) is 16.1. The monoisotopic (exact) mass is 410 g/mol. The number of hydrazone groups is 1. The highest BCUT2D eigenvalue weighted by Crippen LogP contribution is 2.33. The van der Waals surface area contributed by atoms with E-state index in [-0.39, 0.29) is 5.91 Å². The van der Waals surface area contributed by atoms with E-state index >= 15 is 0 Å². The number of H-pyrrole nitrogens is 1. The summed E-state index contributed by atoms with van der Waals surface area (Å²) in [6.07, 6.45) is 3.31. The molecule has 0 aliphatic heterocycles. The molecule has 2 aromatic heterocycles. The molecule has 0 atom stereocenters. The molecule has 7 heteroatoms. The summed E-state index contributed by atoms with van der Waals surface area (Å²) in [5.41, 5.74) is 10.9. The van der Waals surface area contributed by atoms with E-state index < -0.39 is 0 Å². The summed E-state index contributed by atoms with van der Waals surface area (Å²) in [6.45, 7) is 3.91. The highest BCUT2D eigenvalue weighted by Gasteiger charge is 2.24. The minimum Gasteiger partial charge on any atom is -0.272 e. The first kappa shape index (κ1) is 19.0. The molecule has 0 radical (unpaired) electrons. The van der Waals surface area contributed by atoms with Gasteiger partial charge in [-0.25, -0.2) is 10.1 Å². The number of amides is 1. The van der Waals surface area contributed by atoms with Crippen molar-refractivity contribution in [2.24, 2.45) is 5.10 Å². The third kappa shape index (κ3) is 3.34. The zero-order valence-corrected chi connectivity index (χ0v) is 17.4. The fraction of sp³-hybridized carbons (Fsp3) is 0.167. The Hall–Kier alpha value is -4.00. The molecule has 0 unspecified atom stereocenters. The quantitative estimate of drug-likeness (QED) is 0.397. The molecule has 0 saturated heterocycles. The standard InChI is InChI=1S/C24H22N6O/c1-15-21(16(2)30(29-15)18-9-4-3-5-10-18)14-25-28-24(31)23-20-13-12-17-8-6-7-11-19(17)22(20)26-27-23/h3-11,14H,12-13H2,1-2H3,(H,26,27)(H,28,31). The predicted octanol–water partition coefficient (Wildman–Crippen LogP) is 3.74. The Balaban J connectivity index is 1.36. The van der Waals surface area contributed by atoms with Crippen LogP contribution in [0.15, 0.2) is 59.7 Å². The number of aromatic nitrogens is 4. The van der Waals surface area contributed by atoms with E-state index in [2.05, 4.69) is 31.9 Å². The van der Waals surface area contributed by atoms with Gasteiger partial charge in [-0.15, -0.1) is 0 Å². The third-order valence-electron chi connectivity index (χ3n) is 5.72. The van der Waals surface area contributed by atoms with Crippen molar-refractivity contribution in [3.8, 4) is 16.9 Å². The largest absolute Gasteiger partial charge is 0.289 e. The summed E-state index contributed by atoms with van der Waals surface area (Å²) < 4.78 is 1.88. The number of carbonyl (C=O) groups excluding carboxylic acids is 1. The lowest BCUT2D eigenvalue weighted by Gasteiger charge is -2.15.